The molecule has 2 atom stereocenters. The van der Waals surface area contributed by atoms with Crippen LogP contribution in [0.5, 0.6) is 0 Å². The Morgan fingerprint density at radius 1 is 1.10 bits per heavy atom. The molecular formula is C25H34N4O2. The van der Waals surface area contributed by atoms with Crippen molar-refractivity contribution in [2.75, 3.05) is 20.6 Å². The third kappa shape index (κ3) is 6.07. The first kappa shape index (κ1) is 22.8. The second-order valence-electron chi connectivity index (χ2n) is 8.85. The summed E-state index contributed by atoms with van der Waals surface area (Å²) in [5.74, 6) is 0.107. The van der Waals surface area contributed by atoms with Crippen LogP contribution < -0.4 is 16.4 Å². The molecular weight excluding hydrogens is 388 g/mol. The number of amides is 3. The standard InChI is InChI=1S/C25H34N4O2/c1-16-12-20(24(26)30)13-17(2)22(16)14-21(29(3)4)15-27-25(31)28-23(19-10-11-19)18-8-6-5-7-9-18/h5-9,12-13,19,21,23H,10-11,14-15H2,1-4H3,(H2,26,30)(H2,27,28,31)/t21?,23-/m1/s1. The summed E-state index contributed by atoms with van der Waals surface area (Å²) in [4.78, 5) is 26.3. The molecule has 1 aliphatic carbocycles. The molecule has 1 saturated carbocycles. The summed E-state index contributed by atoms with van der Waals surface area (Å²) in [6, 6.07) is 13.9. The molecule has 0 radical (unpaired) electrons. The van der Waals surface area contributed by atoms with Crippen LogP contribution in [0.4, 0.5) is 4.79 Å². The smallest absolute Gasteiger partial charge is 0.315 e. The highest BCUT2D eigenvalue weighted by atomic mass is 16.2. The molecule has 0 aliphatic heterocycles. The van der Waals surface area contributed by atoms with Crippen molar-refractivity contribution in [2.45, 2.75) is 45.2 Å². The summed E-state index contributed by atoms with van der Waals surface area (Å²) in [6.45, 7) is 4.53. The number of primary amides is 1. The number of urea groups is 1. The fourth-order valence-corrected chi connectivity index (χ4v) is 4.10. The van der Waals surface area contributed by atoms with Crippen molar-refractivity contribution in [1.29, 1.82) is 0 Å². The van der Waals surface area contributed by atoms with Crippen LogP contribution >= 0.6 is 0 Å². The maximum atomic E-state index is 12.7. The van der Waals surface area contributed by atoms with Gasteiger partial charge in [-0.3, -0.25) is 4.79 Å². The predicted molar refractivity (Wildman–Crippen MR) is 124 cm³/mol. The van der Waals surface area contributed by atoms with Gasteiger partial charge in [0.2, 0.25) is 5.91 Å². The van der Waals surface area contributed by atoms with E-state index in [4.69, 9.17) is 5.73 Å². The highest BCUT2D eigenvalue weighted by Gasteiger charge is 2.33. The highest BCUT2D eigenvalue weighted by molar-refractivity contribution is 5.93. The Labute approximate surface area is 185 Å². The molecule has 1 aliphatic rings. The van der Waals surface area contributed by atoms with E-state index in [1.54, 1.807) is 0 Å². The largest absolute Gasteiger partial charge is 0.366 e. The molecule has 3 rings (SSSR count). The monoisotopic (exact) mass is 422 g/mol. The number of nitrogens with zero attached hydrogens (tertiary/aromatic N) is 1. The third-order valence-corrected chi connectivity index (χ3v) is 6.19. The van der Waals surface area contributed by atoms with E-state index in [9.17, 15) is 9.59 Å². The molecule has 2 aromatic rings. The van der Waals surface area contributed by atoms with E-state index in [0.29, 0.717) is 18.0 Å². The lowest BCUT2D eigenvalue weighted by Gasteiger charge is -2.27. The van der Waals surface area contributed by atoms with Gasteiger partial charge in [-0.2, -0.15) is 0 Å². The number of hydrogen-bond acceptors (Lipinski definition) is 3. The van der Waals surface area contributed by atoms with Crippen molar-refractivity contribution in [3.05, 3.63) is 70.3 Å². The molecule has 6 nitrogen and oxygen atoms in total. The average Bonchev–Trinajstić information content (AvgIpc) is 3.56. The van der Waals surface area contributed by atoms with E-state index < -0.39 is 5.91 Å². The number of benzene rings is 2. The van der Waals surface area contributed by atoms with Crippen LogP contribution in [-0.2, 0) is 6.42 Å². The Bertz CT molecular complexity index is 899. The number of nitrogens with two attached hydrogens (primary N) is 1. The van der Waals surface area contributed by atoms with Crippen molar-refractivity contribution < 1.29 is 9.59 Å². The third-order valence-electron chi connectivity index (χ3n) is 6.19. The number of likely N-dealkylation sites (N-methyl/N-ethyl adjacent to an activating group) is 1. The molecule has 0 heterocycles. The van der Waals surface area contributed by atoms with Crippen molar-refractivity contribution >= 4 is 11.9 Å². The first-order valence-corrected chi connectivity index (χ1v) is 10.9. The maximum Gasteiger partial charge on any atom is 0.315 e. The zero-order chi connectivity index (χ0) is 22.5. The molecule has 31 heavy (non-hydrogen) atoms. The topological polar surface area (TPSA) is 87.5 Å². The molecule has 0 bridgehead atoms. The van der Waals surface area contributed by atoms with Gasteiger partial charge in [-0.25, -0.2) is 4.79 Å². The number of hydrogen-bond donors (Lipinski definition) is 3. The van der Waals surface area contributed by atoms with Gasteiger partial charge in [-0.15, -0.1) is 0 Å². The minimum atomic E-state index is -0.413. The van der Waals surface area contributed by atoms with Crippen LogP contribution in [0.1, 0.15) is 51.5 Å². The van der Waals surface area contributed by atoms with E-state index in [-0.39, 0.29) is 18.1 Å². The molecule has 0 aromatic heterocycles. The molecule has 1 unspecified atom stereocenters. The van der Waals surface area contributed by atoms with E-state index in [1.807, 2.05) is 58.3 Å². The minimum Gasteiger partial charge on any atom is -0.366 e. The van der Waals surface area contributed by atoms with Crippen LogP contribution in [0.15, 0.2) is 42.5 Å². The summed E-state index contributed by atoms with van der Waals surface area (Å²) < 4.78 is 0. The fraction of sp³-hybridized carbons (Fsp3) is 0.440. The summed E-state index contributed by atoms with van der Waals surface area (Å²) >= 11 is 0. The van der Waals surface area contributed by atoms with Gasteiger partial charge in [0.15, 0.2) is 0 Å². The summed E-state index contributed by atoms with van der Waals surface area (Å²) in [5, 5.41) is 6.25. The van der Waals surface area contributed by atoms with Crippen molar-refractivity contribution in [3.63, 3.8) is 0 Å². The minimum absolute atomic E-state index is 0.0600. The maximum absolute atomic E-state index is 12.7. The fourth-order valence-electron chi connectivity index (χ4n) is 4.10. The Balaban J connectivity index is 1.63. The van der Waals surface area contributed by atoms with E-state index in [1.165, 1.54) is 5.56 Å². The van der Waals surface area contributed by atoms with Gasteiger partial charge in [-0.1, -0.05) is 30.3 Å². The summed E-state index contributed by atoms with van der Waals surface area (Å²) in [5.41, 5.74) is 10.4. The van der Waals surface area contributed by atoms with E-state index in [2.05, 4.69) is 27.7 Å². The second-order valence-corrected chi connectivity index (χ2v) is 8.85. The van der Waals surface area contributed by atoms with Crippen molar-refractivity contribution in [2.24, 2.45) is 11.7 Å². The molecule has 3 amide bonds. The van der Waals surface area contributed by atoms with Gasteiger partial charge in [0, 0.05) is 18.2 Å². The quantitative estimate of drug-likeness (QED) is 0.579. The van der Waals surface area contributed by atoms with E-state index in [0.717, 1.165) is 36.0 Å². The number of carbonyl (C=O) groups excluding carboxylic acids is 2. The number of rotatable bonds is 9. The molecule has 6 heteroatoms. The lowest BCUT2D eigenvalue weighted by molar-refractivity contribution is 0.1000. The second kappa shape index (κ2) is 9.96. The molecule has 2 aromatic carbocycles. The van der Waals surface area contributed by atoms with Crippen molar-refractivity contribution in [1.82, 2.24) is 15.5 Å². The van der Waals surface area contributed by atoms with Gasteiger partial charge >= 0.3 is 6.03 Å². The molecule has 1 fully saturated rings. The SMILES string of the molecule is Cc1cc(C(N)=O)cc(C)c1CC(CNC(=O)N[C@H](c1ccccc1)C1CC1)N(C)C. The zero-order valence-corrected chi connectivity index (χ0v) is 18.9. The van der Waals surface area contributed by atoms with Gasteiger partial charge in [0.25, 0.3) is 0 Å². The lowest BCUT2D eigenvalue weighted by Crippen LogP contribution is -2.46. The summed E-state index contributed by atoms with van der Waals surface area (Å²) in [6.07, 6.45) is 3.08. The Hall–Kier alpha value is -2.86. The first-order valence-electron chi connectivity index (χ1n) is 10.9. The zero-order valence-electron chi connectivity index (χ0n) is 18.9. The van der Waals surface area contributed by atoms with Crippen LogP contribution in [0.25, 0.3) is 0 Å². The summed E-state index contributed by atoms with van der Waals surface area (Å²) in [7, 11) is 4.04. The van der Waals surface area contributed by atoms with Gasteiger partial charge in [-0.05, 0) is 87.5 Å². The molecule has 166 valence electrons. The predicted octanol–water partition coefficient (Wildman–Crippen LogP) is 3.33. The van der Waals surface area contributed by atoms with Crippen molar-refractivity contribution in [3.8, 4) is 0 Å². The Morgan fingerprint density at radius 3 is 2.23 bits per heavy atom. The Kier molecular flexibility index (Phi) is 7.33. The van der Waals surface area contributed by atoms with Crippen LogP contribution in [0, 0.1) is 19.8 Å². The van der Waals surface area contributed by atoms with Gasteiger partial charge < -0.3 is 21.3 Å². The molecule has 0 saturated heterocycles. The normalized spacial score (nSPS) is 15.4. The Morgan fingerprint density at radius 2 is 1.71 bits per heavy atom. The lowest BCUT2D eigenvalue weighted by atomic mass is 9.93. The van der Waals surface area contributed by atoms with Crippen LogP contribution in [0.3, 0.4) is 0 Å². The van der Waals surface area contributed by atoms with Crippen LogP contribution in [-0.4, -0.2) is 43.5 Å². The number of aryl methyl sites for hydroxylation is 2. The average molecular weight is 423 g/mol. The highest BCUT2D eigenvalue weighted by Crippen LogP contribution is 2.40. The molecule has 4 N–H and O–H groups in total. The first-order chi connectivity index (χ1) is 14.8. The molecule has 0 spiro atoms. The van der Waals surface area contributed by atoms with Gasteiger partial charge in [0.05, 0.1) is 6.04 Å². The number of carbonyl (C=O) groups is 2. The van der Waals surface area contributed by atoms with Crippen LogP contribution in [0.2, 0.25) is 0 Å². The van der Waals surface area contributed by atoms with Gasteiger partial charge in [0.1, 0.15) is 0 Å². The number of nitrogens with one attached hydrogen (secondary N) is 2. The van der Waals surface area contributed by atoms with E-state index >= 15 is 0 Å².